The number of rotatable bonds is 5. The summed E-state index contributed by atoms with van der Waals surface area (Å²) in [5.74, 6) is -0.415. The highest BCUT2D eigenvalue weighted by Crippen LogP contribution is 2.23. The van der Waals surface area contributed by atoms with Crippen LogP contribution in [0.3, 0.4) is 0 Å². The minimum absolute atomic E-state index is 0.0455. The molecular weight excluding hydrogens is 407 g/mol. The summed E-state index contributed by atoms with van der Waals surface area (Å²) in [6.45, 7) is 10.6. The fourth-order valence-electron chi connectivity index (χ4n) is 3.72. The smallest absolute Gasteiger partial charge is 0.320 e. The van der Waals surface area contributed by atoms with Crippen LogP contribution in [0.5, 0.6) is 0 Å². The Morgan fingerprint density at radius 2 is 1.69 bits per heavy atom. The van der Waals surface area contributed by atoms with Crippen LogP contribution in [-0.2, 0) is 18.5 Å². The quantitative estimate of drug-likeness (QED) is 0.448. The number of nitrogens with zero attached hydrogens (tertiary/aromatic N) is 4. The summed E-state index contributed by atoms with van der Waals surface area (Å²) in [4.78, 5) is 30.7. The van der Waals surface area contributed by atoms with Gasteiger partial charge in [0.1, 0.15) is 5.82 Å². The molecule has 0 N–H and O–H groups in total. The fourth-order valence-corrected chi connectivity index (χ4v) is 3.72. The minimum atomic E-state index is -0.547. The van der Waals surface area contributed by atoms with Crippen molar-refractivity contribution in [3.05, 3.63) is 105 Å². The predicted octanol–water partition coefficient (Wildman–Crippen LogP) is 4.02. The molecule has 2 aromatic heterocycles. The fraction of sp³-hybridized carbons (Fsp3) is 0.240. The summed E-state index contributed by atoms with van der Waals surface area (Å²) >= 11 is 0. The van der Waals surface area contributed by atoms with E-state index in [0.717, 1.165) is 10.1 Å². The van der Waals surface area contributed by atoms with Crippen molar-refractivity contribution < 1.29 is 4.39 Å². The van der Waals surface area contributed by atoms with Crippen molar-refractivity contribution in [3.8, 4) is 5.69 Å². The Morgan fingerprint density at radius 1 is 1.03 bits per heavy atom. The van der Waals surface area contributed by atoms with Crippen LogP contribution in [0.2, 0.25) is 0 Å². The Kier molecular flexibility index (Phi) is 5.42. The first-order valence-electron chi connectivity index (χ1n) is 10.4. The molecule has 4 aromatic rings. The summed E-state index contributed by atoms with van der Waals surface area (Å²) in [6, 6.07) is 13.7. The van der Waals surface area contributed by atoms with E-state index in [4.69, 9.17) is 0 Å². The largest absolute Gasteiger partial charge is 0.337 e. The van der Waals surface area contributed by atoms with Gasteiger partial charge < -0.3 is 4.57 Å². The first-order chi connectivity index (χ1) is 15.2. The number of aromatic nitrogens is 4. The first-order valence-corrected chi connectivity index (χ1v) is 10.4. The number of halogens is 1. The Morgan fingerprint density at radius 3 is 2.28 bits per heavy atom. The highest BCUT2D eigenvalue weighted by molar-refractivity contribution is 5.72. The lowest BCUT2D eigenvalue weighted by atomic mass is 9.87. The second kappa shape index (κ2) is 8.07. The van der Waals surface area contributed by atoms with Gasteiger partial charge in [-0.05, 0) is 40.8 Å². The molecule has 164 valence electrons. The third-order valence-corrected chi connectivity index (χ3v) is 5.47. The summed E-state index contributed by atoms with van der Waals surface area (Å²) in [7, 11) is 0. The summed E-state index contributed by atoms with van der Waals surface area (Å²) in [5, 5.41) is 0. The normalized spacial score (nSPS) is 11.8. The van der Waals surface area contributed by atoms with Gasteiger partial charge in [-0.3, -0.25) is 9.36 Å². The molecule has 0 saturated carbocycles. The molecular formula is C25H25FN4O2. The van der Waals surface area contributed by atoms with Crippen molar-refractivity contribution in [2.75, 3.05) is 0 Å². The van der Waals surface area contributed by atoms with Crippen LogP contribution in [0.4, 0.5) is 4.39 Å². The lowest BCUT2D eigenvalue weighted by molar-refractivity contribution is 0.590. The number of allylic oxidation sites excluding steroid dienone is 1. The van der Waals surface area contributed by atoms with E-state index in [2.05, 4.69) is 44.5 Å². The molecule has 0 fully saturated rings. The lowest BCUT2D eigenvalue weighted by Crippen LogP contribution is -2.39. The van der Waals surface area contributed by atoms with Crippen molar-refractivity contribution in [3.63, 3.8) is 0 Å². The van der Waals surface area contributed by atoms with E-state index in [1.807, 2.05) is 12.1 Å². The molecule has 0 unspecified atom stereocenters. The molecule has 0 aliphatic heterocycles. The summed E-state index contributed by atoms with van der Waals surface area (Å²) in [5.41, 5.74) is 2.25. The highest BCUT2D eigenvalue weighted by atomic mass is 19.1. The van der Waals surface area contributed by atoms with Crippen molar-refractivity contribution in [1.82, 2.24) is 18.7 Å². The Hall–Kier alpha value is -3.74. The average molecular weight is 432 g/mol. The average Bonchev–Trinajstić information content (AvgIpc) is 3.15. The number of benzene rings is 2. The maximum atomic E-state index is 13.5. The van der Waals surface area contributed by atoms with Gasteiger partial charge in [-0.25, -0.2) is 18.7 Å². The van der Waals surface area contributed by atoms with Gasteiger partial charge in [-0.1, -0.05) is 51.1 Å². The van der Waals surface area contributed by atoms with Crippen LogP contribution in [-0.4, -0.2) is 18.7 Å². The first kappa shape index (κ1) is 21.5. The van der Waals surface area contributed by atoms with Gasteiger partial charge in [0.15, 0.2) is 11.2 Å². The zero-order chi connectivity index (χ0) is 23.0. The standard InChI is InChI=1S/C25H25FN4O2/c1-5-14-29-23(31)21-22(30(24(29)32)20-12-10-19(26)11-13-20)27-16-28(21)15-17-6-8-18(9-7-17)25(2,3)4/h5-13,16H,1,14-15H2,2-4H3. The molecule has 6 nitrogen and oxygen atoms in total. The van der Waals surface area contributed by atoms with Crippen molar-refractivity contribution in [2.45, 2.75) is 39.3 Å². The van der Waals surface area contributed by atoms with E-state index in [0.29, 0.717) is 17.7 Å². The number of hydrogen-bond donors (Lipinski definition) is 0. The monoisotopic (exact) mass is 432 g/mol. The third kappa shape index (κ3) is 3.82. The second-order valence-corrected chi connectivity index (χ2v) is 8.79. The van der Waals surface area contributed by atoms with Gasteiger partial charge in [-0.15, -0.1) is 6.58 Å². The van der Waals surface area contributed by atoms with E-state index in [-0.39, 0.29) is 17.6 Å². The van der Waals surface area contributed by atoms with Gasteiger partial charge in [0.25, 0.3) is 5.56 Å². The number of fused-ring (bicyclic) bond motifs is 1. The van der Waals surface area contributed by atoms with Crippen molar-refractivity contribution in [1.29, 1.82) is 0 Å². The molecule has 0 amide bonds. The Bertz CT molecular complexity index is 1400. The second-order valence-electron chi connectivity index (χ2n) is 8.79. The predicted molar refractivity (Wildman–Crippen MR) is 124 cm³/mol. The van der Waals surface area contributed by atoms with Gasteiger partial charge in [-0.2, -0.15) is 0 Å². The zero-order valence-corrected chi connectivity index (χ0v) is 18.4. The lowest BCUT2D eigenvalue weighted by Gasteiger charge is -2.19. The molecule has 0 radical (unpaired) electrons. The van der Waals surface area contributed by atoms with Crippen molar-refractivity contribution in [2.24, 2.45) is 0 Å². The van der Waals surface area contributed by atoms with Gasteiger partial charge in [0.2, 0.25) is 0 Å². The Labute approximate surface area is 184 Å². The van der Waals surface area contributed by atoms with Crippen LogP contribution in [0, 0.1) is 5.82 Å². The zero-order valence-electron chi connectivity index (χ0n) is 18.4. The van der Waals surface area contributed by atoms with Crippen LogP contribution in [0.25, 0.3) is 16.9 Å². The molecule has 32 heavy (non-hydrogen) atoms. The molecule has 7 heteroatoms. The maximum absolute atomic E-state index is 13.5. The SMILES string of the molecule is C=CCn1c(=O)c2c(ncn2Cc2ccc(C(C)(C)C)cc2)n(-c2ccc(F)cc2)c1=O. The minimum Gasteiger partial charge on any atom is -0.320 e. The van der Waals surface area contributed by atoms with E-state index >= 15 is 0 Å². The topological polar surface area (TPSA) is 61.8 Å². The molecule has 0 saturated heterocycles. The molecule has 2 aromatic carbocycles. The van der Waals surface area contributed by atoms with Crippen LogP contribution in [0.1, 0.15) is 31.9 Å². The van der Waals surface area contributed by atoms with Crippen LogP contribution < -0.4 is 11.2 Å². The third-order valence-electron chi connectivity index (χ3n) is 5.47. The molecule has 0 aliphatic carbocycles. The van der Waals surface area contributed by atoms with Crippen LogP contribution in [0.15, 0.2) is 77.1 Å². The van der Waals surface area contributed by atoms with Crippen LogP contribution >= 0.6 is 0 Å². The molecule has 0 spiro atoms. The molecule has 2 heterocycles. The summed E-state index contributed by atoms with van der Waals surface area (Å²) < 4.78 is 17.6. The van der Waals surface area contributed by atoms with E-state index in [1.165, 1.54) is 40.5 Å². The maximum Gasteiger partial charge on any atom is 0.337 e. The van der Waals surface area contributed by atoms with E-state index < -0.39 is 17.1 Å². The Balaban J connectivity index is 1.89. The number of imidazole rings is 1. The molecule has 0 aliphatic rings. The molecule has 4 rings (SSSR count). The molecule has 0 bridgehead atoms. The van der Waals surface area contributed by atoms with Gasteiger partial charge >= 0.3 is 5.69 Å². The van der Waals surface area contributed by atoms with E-state index in [1.54, 1.807) is 10.9 Å². The summed E-state index contributed by atoms with van der Waals surface area (Å²) in [6.07, 6.45) is 3.05. The highest BCUT2D eigenvalue weighted by Gasteiger charge is 2.19. The van der Waals surface area contributed by atoms with Gasteiger partial charge in [0, 0.05) is 13.1 Å². The number of hydrogen-bond acceptors (Lipinski definition) is 3. The van der Waals surface area contributed by atoms with Gasteiger partial charge in [0.05, 0.1) is 12.0 Å². The van der Waals surface area contributed by atoms with E-state index in [9.17, 15) is 14.0 Å². The molecule has 0 atom stereocenters. The van der Waals surface area contributed by atoms with Crippen molar-refractivity contribution >= 4 is 11.2 Å².